The molecule has 26 heavy (non-hydrogen) atoms. The van der Waals surface area contributed by atoms with E-state index < -0.39 is 0 Å². The second-order valence-electron chi connectivity index (χ2n) is 6.70. The predicted octanol–water partition coefficient (Wildman–Crippen LogP) is 3.90. The summed E-state index contributed by atoms with van der Waals surface area (Å²) < 4.78 is 5.40. The number of ether oxygens (including phenoxy) is 1. The average molecular weight is 352 g/mol. The molecule has 1 fully saturated rings. The Hall–Kier alpha value is -2.17. The van der Waals surface area contributed by atoms with Gasteiger partial charge < -0.3 is 10.1 Å². The summed E-state index contributed by atoms with van der Waals surface area (Å²) in [4.78, 5) is 15.2. The number of morpholine rings is 1. The summed E-state index contributed by atoms with van der Waals surface area (Å²) in [5.41, 5.74) is 5.22. The Morgan fingerprint density at radius 3 is 2.35 bits per heavy atom. The minimum atomic E-state index is -0.0376. The van der Waals surface area contributed by atoms with E-state index >= 15 is 0 Å². The lowest BCUT2D eigenvalue weighted by molar-refractivity contribution is 0.0342. The summed E-state index contributed by atoms with van der Waals surface area (Å²) in [6.45, 7) is 8.55. The van der Waals surface area contributed by atoms with Crippen LogP contribution in [-0.2, 0) is 24.1 Å². The Bertz CT molecular complexity index is 729. The van der Waals surface area contributed by atoms with Gasteiger partial charge in [-0.3, -0.25) is 9.69 Å². The number of para-hydroxylation sites is 1. The standard InChI is InChI=1S/C22H28N2O2/c1-3-18-8-6-9-19(4-2)21(18)23-22(25)20-10-5-7-17(15-20)16-24-11-13-26-14-12-24/h5-10,15H,3-4,11-14,16H2,1-2H3,(H,23,25). The summed E-state index contributed by atoms with van der Waals surface area (Å²) >= 11 is 0. The molecule has 1 aliphatic rings. The molecule has 1 heterocycles. The third-order valence-electron chi connectivity index (χ3n) is 4.94. The molecule has 0 radical (unpaired) electrons. The first-order valence-electron chi connectivity index (χ1n) is 9.52. The molecule has 138 valence electrons. The number of nitrogens with zero attached hydrogens (tertiary/aromatic N) is 1. The van der Waals surface area contributed by atoms with E-state index in [2.05, 4.69) is 48.3 Å². The van der Waals surface area contributed by atoms with Crippen molar-refractivity contribution in [2.45, 2.75) is 33.2 Å². The lowest BCUT2D eigenvalue weighted by Crippen LogP contribution is -2.35. The van der Waals surface area contributed by atoms with E-state index in [9.17, 15) is 4.79 Å². The largest absolute Gasteiger partial charge is 0.379 e. The summed E-state index contributed by atoms with van der Waals surface area (Å²) in [6.07, 6.45) is 1.81. The van der Waals surface area contributed by atoms with E-state index in [1.54, 1.807) is 0 Å². The molecule has 2 aromatic rings. The normalized spacial score (nSPS) is 15.0. The van der Waals surface area contributed by atoms with Gasteiger partial charge in [-0.1, -0.05) is 44.2 Å². The van der Waals surface area contributed by atoms with Crippen molar-refractivity contribution >= 4 is 11.6 Å². The molecule has 1 saturated heterocycles. The predicted molar refractivity (Wildman–Crippen MR) is 106 cm³/mol. The van der Waals surface area contributed by atoms with Crippen LogP contribution in [0.5, 0.6) is 0 Å². The van der Waals surface area contributed by atoms with Crippen LogP contribution in [0.3, 0.4) is 0 Å². The fourth-order valence-corrected chi connectivity index (χ4v) is 3.42. The molecule has 0 spiro atoms. The van der Waals surface area contributed by atoms with Crippen LogP contribution < -0.4 is 5.32 Å². The van der Waals surface area contributed by atoms with E-state index in [4.69, 9.17) is 4.74 Å². The molecular weight excluding hydrogens is 324 g/mol. The molecule has 1 amide bonds. The second-order valence-corrected chi connectivity index (χ2v) is 6.70. The van der Waals surface area contributed by atoms with Gasteiger partial charge in [-0.25, -0.2) is 0 Å². The number of amides is 1. The maximum absolute atomic E-state index is 12.9. The summed E-state index contributed by atoms with van der Waals surface area (Å²) in [5, 5.41) is 3.16. The highest BCUT2D eigenvalue weighted by molar-refractivity contribution is 6.05. The Morgan fingerprint density at radius 2 is 1.69 bits per heavy atom. The number of carbonyl (C=O) groups is 1. The number of nitrogens with one attached hydrogen (secondary N) is 1. The third-order valence-corrected chi connectivity index (χ3v) is 4.94. The van der Waals surface area contributed by atoms with Crippen LogP contribution in [0.4, 0.5) is 5.69 Å². The molecular formula is C22H28N2O2. The van der Waals surface area contributed by atoms with Gasteiger partial charge in [0.25, 0.3) is 5.91 Å². The molecule has 4 nitrogen and oxygen atoms in total. The van der Waals surface area contributed by atoms with E-state index in [-0.39, 0.29) is 5.91 Å². The fraction of sp³-hybridized carbons (Fsp3) is 0.409. The van der Waals surface area contributed by atoms with Gasteiger partial charge in [0.05, 0.1) is 13.2 Å². The highest BCUT2D eigenvalue weighted by Crippen LogP contribution is 2.23. The Labute approximate surface area is 156 Å². The lowest BCUT2D eigenvalue weighted by Gasteiger charge is -2.26. The van der Waals surface area contributed by atoms with Gasteiger partial charge in [-0.05, 0) is 41.7 Å². The van der Waals surface area contributed by atoms with E-state index in [1.807, 2.05) is 18.2 Å². The first kappa shape index (κ1) is 18.6. The van der Waals surface area contributed by atoms with Gasteiger partial charge in [-0.2, -0.15) is 0 Å². The summed E-state index contributed by atoms with van der Waals surface area (Å²) in [7, 11) is 0. The Kier molecular flexibility index (Phi) is 6.42. The molecule has 1 aliphatic heterocycles. The zero-order valence-electron chi connectivity index (χ0n) is 15.8. The number of anilines is 1. The van der Waals surface area contributed by atoms with Crippen LogP contribution >= 0.6 is 0 Å². The van der Waals surface area contributed by atoms with Crippen molar-refractivity contribution in [1.82, 2.24) is 4.90 Å². The number of benzene rings is 2. The van der Waals surface area contributed by atoms with E-state index in [0.717, 1.165) is 51.4 Å². The van der Waals surface area contributed by atoms with Crippen LogP contribution in [0.2, 0.25) is 0 Å². The molecule has 0 unspecified atom stereocenters. The highest BCUT2D eigenvalue weighted by Gasteiger charge is 2.14. The van der Waals surface area contributed by atoms with Crippen molar-refractivity contribution in [3.05, 3.63) is 64.7 Å². The third kappa shape index (κ3) is 4.51. The average Bonchev–Trinajstić information content (AvgIpc) is 2.69. The van der Waals surface area contributed by atoms with E-state index in [1.165, 1.54) is 16.7 Å². The number of hydrogen-bond donors (Lipinski definition) is 1. The Morgan fingerprint density at radius 1 is 1.04 bits per heavy atom. The second kappa shape index (κ2) is 8.97. The van der Waals surface area contributed by atoms with Crippen LogP contribution in [0.25, 0.3) is 0 Å². The minimum Gasteiger partial charge on any atom is -0.379 e. The van der Waals surface area contributed by atoms with Crippen LogP contribution in [-0.4, -0.2) is 37.1 Å². The molecule has 0 bridgehead atoms. The first-order chi connectivity index (χ1) is 12.7. The quantitative estimate of drug-likeness (QED) is 0.857. The number of hydrogen-bond acceptors (Lipinski definition) is 3. The molecule has 4 heteroatoms. The molecule has 0 saturated carbocycles. The van der Waals surface area contributed by atoms with Crippen molar-refractivity contribution in [3.8, 4) is 0 Å². The van der Waals surface area contributed by atoms with Crippen molar-refractivity contribution in [2.24, 2.45) is 0 Å². The van der Waals surface area contributed by atoms with Crippen molar-refractivity contribution < 1.29 is 9.53 Å². The van der Waals surface area contributed by atoms with Gasteiger partial charge in [0, 0.05) is 30.9 Å². The topological polar surface area (TPSA) is 41.6 Å². The maximum Gasteiger partial charge on any atom is 0.255 e. The molecule has 1 N–H and O–H groups in total. The summed E-state index contributed by atoms with van der Waals surface area (Å²) in [5.74, 6) is -0.0376. The zero-order valence-corrected chi connectivity index (χ0v) is 15.8. The van der Waals surface area contributed by atoms with Gasteiger partial charge in [0.1, 0.15) is 0 Å². The van der Waals surface area contributed by atoms with Crippen molar-refractivity contribution in [1.29, 1.82) is 0 Å². The van der Waals surface area contributed by atoms with E-state index in [0.29, 0.717) is 5.56 Å². The number of carbonyl (C=O) groups excluding carboxylic acids is 1. The Balaban J connectivity index is 1.75. The first-order valence-corrected chi connectivity index (χ1v) is 9.52. The van der Waals surface area contributed by atoms with Gasteiger partial charge in [-0.15, -0.1) is 0 Å². The monoisotopic (exact) mass is 352 g/mol. The smallest absolute Gasteiger partial charge is 0.255 e. The molecule has 3 rings (SSSR count). The highest BCUT2D eigenvalue weighted by atomic mass is 16.5. The van der Waals surface area contributed by atoms with Crippen LogP contribution in [0.1, 0.15) is 40.9 Å². The van der Waals surface area contributed by atoms with Crippen LogP contribution in [0.15, 0.2) is 42.5 Å². The maximum atomic E-state index is 12.9. The SMILES string of the molecule is CCc1cccc(CC)c1NC(=O)c1cccc(CN2CCOCC2)c1. The molecule has 0 atom stereocenters. The van der Waals surface area contributed by atoms with Gasteiger partial charge in [0.15, 0.2) is 0 Å². The van der Waals surface area contributed by atoms with Gasteiger partial charge >= 0.3 is 0 Å². The lowest BCUT2D eigenvalue weighted by atomic mass is 10.0. The van der Waals surface area contributed by atoms with Crippen LogP contribution in [0, 0.1) is 0 Å². The summed E-state index contributed by atoms with van der Waals surface area (Å²) in [6, 6.07) is 14.2. The van der Waals surface area contributed by atoms with Gasteiger partial charge in [0.2, 0.25) is 0 Å². The van der Waals surface area contributed by atoms with Crippen molar-refractivity contribution in [2.75, 3.05) is 31.6 Å². The number of rotatable bonds is 6. The molecule has 0 aliphatic carbocycles. The fourth-order valence-electron chi connectivity index (χ4n) is 3.42. The zero-order chi connectivity index (χ0) is 18.4. The molecule has 0 aromatic heterocycles. The number of aryl methyl sites for hydroxylation is 2. The minimum absolute atomic E-state index is 0.0376. The molecule has 2 aromatic carbocycles. The van der Waals surface area contributed by atoms with Crippen molar-refractivity contribution in [3.63, 3.8) is 0 Å².